The zero-order valence-corrected chi connectivity index (χ0v) is 17.5. The molecule has 0 spiro atoms. The highest BCUT2D eigenvalue weighted by Crippen LogP contribution is 2.21. The zero-order valence-electron chi connectivity index (χ0n) is 17.5. The average Bonchev–Trinajstić information content (AvgIpc) is 3.22. The second kappa shape index (κ2) is 9.16. The number of hydrogen-bond donors (Lipinski definition) is 2. The lowest BCUT2D eigenvalue weighted by molar-refractivity contribution is 0.0709. The van der Waals surface area contributed by atoms with E-state index < -0.39 is 0 Å². The predicted molar refractivity (Wildman–Crippen MR) is 119 cm³/mol. The van der Waals surface area contributed by atoms with Gasteiger partial charge in [-0.3, -0.25) is 9.80 Å². The van der Waals surface area contributed by atoms with E-state index in [-0.39, 0.29) is 23.8 Å². The van der Waals surface area contributed by atoms with E-state index in [0.29, 0.717) is 37.2 Å². The number of benzene rings is 2. The molecule has 1 saturated heterocycles. The van der Waals surface area contributed by atoms with Crippen molar-refractivity contribution in [1.82, 2.24) is 10.2 Å². The van der Waals surface area contributed by atoms with Gasteiger partial charge in [-0.15, -0.1) is 0 Å². The van der Waals surface area contributed by atoms with Gasteiger partial charge >= 0.3 is 6.03 Å². The van der Waals surface area contributed by atoms with Crippen molar-refractivity contribution in [2.75, 3.05) is 30.0 Å². The normalized spacial score (nSPS) is 16.8. The van der Waals surface area contributed by atoms with Gasteiger partial charge in [0.1, 0.15) is 5.82 Å². The number of hydrogen-bond acceptors (Lipinski definition) is 4. The predicted octanol–water partition coefficient (Wildman–Crippen LogP) is 3.84. The molecule has 3 amide bonds. The first kappa shape index (κ1) is 20.8. The molecule has 2 aliphatic rings. The summed E-state index contributed by atoms with van der Waals surface area (Å²) in [6, 6.07) is 12.8. The summed E-state index contributed by atoms with van der Waals surface area (Å²) in [6.07, 6.45) is 2.33. The number of hydrazone groups is 1. The number of carbonyl (C=O) groups is 2. The van der Waals surface area contributed by atoms with Gasteiger partial charge in [0.2, 0.25) is 0 Å². The monoisotopic (exact) mass is 423 g/mol. The molecule has 0 atom stereocenters. The number of nitrogens with one attached hydrogen (secondary N) is 2. The Morgan fingerprint density at radius 2 is 1.68 bits per heavy atom. The lowest BCUT2D eigenvalue weighted by atomic mass is 10.0. The number of piperidine rings is 1. The maximum atomic E-state index is 13.0. The fraction of sp³-hybridized carbons (Fsp3) is 0.348. The van der Waals surface area contributed by atoms with E-state index >= 15 is 0 Å². The van der Waals surface area contributed by atoms with Crippen molar-refractivity contribution in [2.24, 2.45) is 5.10 Å². The molecule has 0 aromatic heterocycles. The van der Waals surface area contributed by atoms with Crippen molar-refractivity contribution >= 4 is 29.0 Å². The molecular weight excluding hydrogens is 397 g/mol. The summed E-state index contributed by atoms with van der Waals surface area (Å²) in [5, 5.41) is 12.1. The van der Waals surface area contributed by atoms with Crippen LogP contribution >= 0.6 is 0 Å². The van der Waals surface area contributed by atoms with Crippen LogP contribution in [0, 0.1) is 5.82 Å². The van der Waals surface area contributed by atoms with Gasteiger partial charge in [-0.25, -0.2) is 9.18 Å². The molecule has 0 aliphatic carbocycles. The number of halogens is 1. The molecule has 0 saturated carbocycles. The van der Waals surface area contributed by atoms with Crippen LogP contribution in [0.3, 0.4) is 0 Å². The number of nitrogens with zero attached hydrogens (tertiary/aromatic N) is 3. The van der Waals surface area contributed by atoms with E-state index in [2.05, 4.69) is 15.7 Å². The van der Waals surface area contributed by atoms with Crippen LogP contribution in [0.25, 0.3) is 0 Å². The van der Waals surface area contributed by atoms with Crippen LogP contribution in [0.15, 0.2) is 53.6 Å². The van der Waals surface area contributed by atoms with Crippen molar-refractivity contribution in [1.29, 1.82) is 0 Å². The van der Waals surface area contributed by atoms with Gasteiger partial charge in [-0.05, 0) is 68.3 Å². The van der Waals surface area contributed by atoms with Gasteiger partial charge in [-0.2, -0.15) is 5.10 Å². The zero-order chi connectivity index (χ0) is 21.8. The summed E-state index contributed by atoms with van der Waals surface area (Å²) in [6.45, 7) is 4.05. The Bertz CT molecular complexity index is 966. The van der Waals surface area contributed by atoms with Crippen LogP contribution in [0.2, 0.25) is 0 Å². The van der Waals surface area contributed by atoms with Gasteiger partial charge in [0.15, 0.2) is 0 Å². The maximum Gasteiger partial charge on any atom is 0.319 e. The number of anilines is 2. The number of urea groups is 1. The van der Waals surface area contributed by atoms with E-state index in [4.69, 9.17) is 0 Å². The Balaban J connectivity index is 1.26. The van der Waals surface area contributed by atoms with Crippen LogP contribution < -0.4 is 15.6 Å². The second-order valence-corrected chi connectivity index (χ2v) is 7.93. The minimum Gasteiger partial charge on any atom is -0.338 e. The van der Waals surface area contributed by atoms with Gasteiger partial charge in [0.25, 0.3) is 5.91 Å². The fourth-order valence-corrected chi connectivity index (χ4v) is 3.83. The van der Waals surface area contributed by atoms with Crippen molar-refractivity contribution in [3.63, 3.8) is 0 Å². The SMILES string of the molecule is CC1=NN(c2ccc(C(=O)N3CCC(NC(=O)Nc4ccc(F)cc4)CC3)cc2)CC1. The average molecular weight is 423 g/mol. The molecule has 2 aliphatic heterocycles. The third-order valence-corrected chi connectivity index (χ3v) is 5.61. The second-order valence-electron chi connectivity index (χ2n) is 7.93. The quantitative estimate of drug-likeness (QED) is 0.785. The van der Waals surface area contributed by atoms with Crippen LogP contribution in [-0.2, 0) is 0 Å². The van der Waals surface area contributed by atoms with Crippen LogP contribution in [0.5, 0.6) is 0 Å². The lowest BCUT2D eigenvalue weighted by Crippen LogP contribution is -2.47. The van der Waals surface area contributed by atoms with E-state index in [1.54, 1.807) is 0 Å². The van der Waals surface area contributed by atoms with Crippen molar-refractivity contribution in [2.45, 2.75) is 32.2 Å². The maximum absolute atomic E-state index is 13.0. The minimum atomic E-state index is -0.350. The molecule has 1 fully saturated rings. The number of amides is 3. The number of likely N-dealkylation sites (tertiary alicyclic amines) is 1. The van der Waals surface area contributed by atoms with Crippen molar-refractivity contribution < 1.29 is 14.0 Å². The van der Waals surface area contributed by atoms with E-state index in [1.165, 1.54) is 24.3 Å². The Morgan fingerprint density at radius 1 is 1.00 bits per heavy atom. The molecular formula is C23H26FN5O2. The summed E-state index contributed by atoms with van der Waals surface area (Å²) < 4.78 is 13.0. The molecule has 31 heavy (non-hydrogen) atoms. The molecule has 0 radical (unpaired) electrons. The first-order chi connectivity index (χ1) is 15.0. The third-order valence-electron chi connectivity index (χ3n) is 5.61. The highest BCUT2D eigenvalue weighted by atomic mass is 19.1. The molecule has 2 heterocycles. The first-order valence-electron chi connectivity index (χ1n) is 10.5. The topological polar surface area (TPSA) is 77.0 Å². The Kier molecular flexibility index (Phi) is 6.16. The van der Waals surface area contributed by atoms with E-state index in [0.717, 1.165) is 24.4 Å². The minimum absolute atomic E-state index is 0.00173. The molecule has 8 heteroatoms. The third kappa shape index (κ3) is 5.20. The molecule has 2 aromatic carbocycles. The van der Waals surface area contributed by atoms with Crippen LogP contribution in [0.1, 0.15) is 36.5 Å². The standard InChI is InChI=1S/C23H26FN5O2/c1-16-10-15-29(27-16)21-8-2-17(3-9-21)22(30)28-13-11-20(12-14-28)26-23(31)25-19-6-4-18(24)5-7-19/h2-9,20H,10-15H2,1H3,(H2,25,26,31). The molecule has 4 rings (SSSR count). The molecule has 0 unspecified atom stereocenters. The highest BCUT2D eigenvalue weighted by Gasteiger charge is 2.25. The van der Waals surface area contributed by atoms with Crippen molar-refractivity contribution in [3.05, 3.63) is 59.9 Å². The van der Waals surface area contributed by atoms with Crippen LogP contribution in [0.4, 0.5) is 20.6 Å². The molecule has 0 bridgehead atoms. The summed E-state index contributed by atoms with van der Waals surface area (Å²) in [5.41, 5.74) is 3.29. The van der Waals surface area contributed by atoms with Gasteiger partial charge < -0.3 is 15.5 Å². The lowest BCUT2D eigenvalue weighted by Gasteiger charge is -2.32. The first-order valence-corrected chi connectivity index (χ1v) is 10.5. The molecule has 2 N–H and O–H groups in total. The Labute approximate surface area is 180 Å². The largest absolute Gasteiger partial charge is 0.338 e. The molecule has 2 aromatic rings. The smallest absolute Gasteiger partial charge is 0.319 e. The van der Waals surface area contributed by atoms with Gasteiger partial charge in [-0.1, -0.05) is 0 Å². The summed E-state index contributed by atoms with van der Waals surface area (Å²) in [5.74, 6) is -0.348. The van der Waals surface area contributed by atoms with E-state index in [9.17, 15) is 14.0 Å². The molecule has 162 valence electrons. The summed E-state index contributed by atoms with van der Waals surface area (Å²) >= 11 is 0. The summed E-state index contributed by atoms with van der Waals surface area (Å²) in [4.78, 5) is 26.8. The Morgan fingerprint density at radius 3 is 2.29 bits per heavy atom. The fourth-order valence-electron chi connectivity index (χ4n) is 3.83. The van der Waals surface area contributed by atoms with Crippen LogP contribution in [-0.4, -0.2) is 48.2 Å². The number of rotatable bonds is 4. The number of carbonyl (C=O) groups excluding carboxylic acids is 2. The van der Waals surface area contributed by atoms with Gasteiger partial charge in [0, 0.05) is 49.1 Å². The molecule has 7 nitrogen and oxygen atoms in total. The summed E-state index contributed by atoms with van der Waals surface area (Å²) in [7, 11) is 0. The highest BCUT2D eigenvalue weighted by molar-refractivity contribution is 5.95. The Hall–Kier alpha value is -3.42. The van der Waals surface area contributed by atoms with E-state index in [1.807, 2.05) is 41.1 Å². The van der Waals surface area contributed by atoms with Gasteiger partial charge in [0.05, 0.1) is 5.69 Å². The van der Waals surface area contributed by atoms with Crippen molar-refractivity contribution in [3.8, 4) is 0 Å².